The van der Waals surface area contributed by atoms with Crippen LogP contribution in [-0.2, 0) is 5.41 Å². The molecule has 0 fully saturated rings. The first-order valence-corrected chi connectivity index (χ1v) is 9.12. The van der Waals surface area contributed by atoms with Gasteiger partial charge in [-0.1, -0.05) is 46.8 Å². The molecule has 0 aliphatic carbocycles. The molecule has 0 atom stereocenters. The second-order valence-electron chi connectivity index (χ2n) is 6.40. The Morgan fingerprint density at radius 3 is 2.14 bits per heavy atom. The molecule has 0 saturated carbocycles. The van der Waals surface area contributed by atoms with Crippen molar-refractivity contribution in [3.63, 3.8) is 0 Å². The Kier molecular flexibility index (Phi) is 8.38. The quantitative estimate of drug-likeness (QED) is 0.548. The Morgan fingerprint density at radius 1 is 1.00 bits per heavy atom. The van der Waals surface area contributed by atoms with Gasteiger partial charge in [-0.25, -0.2) is 0 Å². The van der Waals surface area contributed by atoms with Crippen molar-refractivity contribution in [2.75, 3.05) is 38.5 Å². The maximum Gasteiger partial charge on any atom is 0.0107 e. The van der Waals surface area contributed by atoms with Gasteiger partial charge in [-0.2, -0.15) is 0 Å². The van der Waals surface area contributed by atoms with E-state index in [4.69, 9.17) is 0 Å². The maximum atomic E-state index is 3.53. The van der Waals surface area contributed by atoms with Gasteiger partial charge in [-0.15, -0.1) is 11.8 Å². The van der Waals surface area contributed by atoms with Gasteiger partial charge in [-0.3, -0.25) is 0 Å². The van der Waals surface area contributed by atoms with Crippen molar-refractivity contribution in [1.82, 2.24) is 10.2 Å². The summed E-state index contributed by atoms with van der Waals surface area (Å²) < 4.78 is 0. The molecule has 0 radical (unpaired) electrons. The van der Waals surface area contributed by atoms with Gasteiger partial charge in [0.25, 0.3) is 0 Å². The molecule has 0 spiro atoms. The third-order valence-corrected chi connectivity index (χ3v) is 4.78. The van der Waals surface area contributed by atoms with Crippen molar-refractivity contribution in [1.29, 1.82) is 0 Å². The fourth-order valence-electron chi connectivity index (χ4n) is 2.19. The zero-order valence-electron chi connectivity index (χ0n) is 14.4. The highest BCUT2D eigenvalue weighted by molar-refractivity contribution is 7.99. The molecule has 0 aromatic heterocycles. The highest BCUT2D eigenvalue weighted by Crippen LogP contribution is 2.25. The number of hydrogen-bond acceptors (Lipinski definition) is 3. The molecule has 1 aromatic carbocycles. The molecule has 3 heteroatoms. The Morgan fingerprint density at radius 2 is 1.62 bits per heavy atom. The summed E-state index contributed by atoms with van der Waals surface area (Å²) in [6, 6.07) is 9.02. The predicted octanol–water partition coefficient (Wildman–Crippen LogP) is 4.01. The summed E-state index contributed by atoms with van der Waals surface area (Å²) in [5, 5.41) is 3.53. The summed E-state index contributed by atoms with van der Waals surface area (Å²) in [6.45, 7) is 16.8. The van der Waals surface area contributed by atoms with Crippen molar-refractivity contribution in [2.24, 2.45) is 0 Å². The normalized spacial score (nSPS) is 12.1. The topological polar surface area (TPSA) is 15.3 Å². The van der Waals surface area contributed by atoms with E-state index in [-0.39, 0.29) is 5.41 Å². The smallest absolute Gasteiger partial charge is 0.0107 e. The minimum atomic E-state index is 0.245. The van der Waals surface area contributed by atoms with E-state index in [1.165, 1.54) is 10.5 Å². The lowest BCUT2D eigenvalue weighted by Crippen LogP contribution is -2.32. The molecule has 0 aliphatic rings. The van der Waals surface area contributed by atoms with Crippen LogP contribution in [0, 0.1) is 0 Å². The number of nitrogens with zero attached hydrogens (tertiary/aromatic N) is 1. The first-order chi connectivity index (χ1) is 9.97. The van der Waals surface area contributed by atoms with E-state index >= 15 is 0 Å². The highest BCUT2D eigenvalue weighted by atomic mass is 32.2. The third kappa shape index (κ3) is 7.35. The van der Waals surface area contributed by atoms with Crippen LogP contribution in [0.2, 0.25) is 0 Å². The van der Waals surface area contributed by atoms with E-state index in [0.29, 0.717) is 0 Å². The molecule has 0 unspecified atom stereocenters. The number of likely N-dealkylation sites (N-methyl/N-ethyl adjacent to an activating group) is 1. The van der Waals surface area contributed by atoms with Crippen LogP contribution >= 0.6 is 11.8 Å². The van der Waals surface area contributed by atoms with Crippen molar-refractivity contribution < 1.29 is 0 Å². The zero-order chi connectivity index (χ0) is 15.7. The van der Waals surface area contributed by atoms with E-state index in [2.05, 4.69) is 69.1 Å². The molecular weight excluding hydrogens is 276 g/mol. The summed E-state index contributed by atoms with van der Waals surface area (Å²) >= 11 is 1.93. The molecule has 0 saturated heterocycles. The average molecular weight is 309 g/mol. The third-order valence-electron chi connectivity index (χ3n) is 3.77. The van der Waals surface area contributed by atoms with Gasteiger partial charge in [0, 0.05) is 30.3 Å². The van der Waals surface area contributed by atoms with Crippen LogP contribution in [0.25, 0.3) is 0 Å². The Balaban J connectivity index is 2.18. The summed E-state index contributed by atoms with van der Waals surface area (Å²) in [7, 11) is 0. The van der Waals surface area contributed by atoms with Crippen LogP contribution in [0.4, 0.5) is 0 Å². The maximum absolute atomic E-state index is 3.53. The van der Waals surface area contributed by atoms with Gasteiger partial charge in [0.1, 0.15) is 0 Å². The standard InChI is InChI=1S/C18H32N2S/c1-6-20(7-2)14-12-19-13-15-21-17-10-8-16(9-11-17)18(3,4)5/h8-11,19H,6-7,12-15H2,1-5H3. The largest absolute Gasteiger partial charge is 0.315 e. The van der Waals surface area contributed by atoms with Crippen molar-refractivity contribution >= 4 is 11.8 Å². The molecule has 1 rings (SSSR count). The summed E-state index contributed by atoms with van der Waals surface area (Å²) in [6.07, 6.45) is 0. The number of benzene rings is 1. The van der Waals surface area contributed by atoms with Gasteiger partial charge in [0.15, 0.2) is 0 Å². The number of nitrogens with one attached hydrogen (secondary N) is 1. The minimum Gasteiger partial charge on any atom is -0.315 e. The van der Waals surface area contributed by atoms with Gasteiger partial charge in [0.2, 0.25) is 0 Å². The molecule has 120 valence electrons. The summed E-state index contributed by atoms with van der Waals surface area (Å²) in [5.41, 5.74) is 1.65. The number of hydrogen-bond donors (Lipinski definition) is 1. The van der Waals surface area contributed by atoms with Crippen LogP contribution in [-0.4, -0.2) is 43.4 Å². The summed E-state index contributed by atoms with van der Waals surface area (Å²) in [4.78, 5) is 3.82. The molecule has 2 nitrogen and oxygen atoms in total. The molecule has 0 aliphatic heterocycles. The SMILES string of the molecule is CCN(CC)CCNCCSc1ccc(C(C)(C)C)cc1. The van der Waals surface area contributed by atoms with E-state index in [1.54, 1.807) is 0 Å². The van der Waals surface area contributed by atoms with Crippen LogP contribution in [0.3, 0.4) is 0 Å². The molecule has 21 heavy (non-hydrogen) atoms. The van der Waals surface area contributed by atoms with Gasteiger partial charge < -0.3 is 10.2 Å². The molecule has 1 N–H and O–H groups in total. The second kappa shape index (κ2) is 9.50. The Bertz CT molecular complexity index is 377. The van der Waals surface area contributed by atoms with Crippen molar-refractivity contribution in [3.05, 3.63) is 29.8 Å². The van der Waals surface area contributed by atoms with E-state index in [1.807, 2.05) is 11.8 Å². The molecule has 0 bridgehead atoms. The van der Waals surface area contributed by atoms with Gasteiger partial charge >= 0.3 is 0 Å². The lowest BCUT2D eigenvalue weighted by atomic mass is 9.87. The number of rotatable bonds is 9. The van der Waals surface area contributed by atoms with Crippen LogP contribution in [0.5, 0.6) is 0 Å². The zero-order valence-corrected chi connectivity index (χ0v) is 15.2. The average Bonchev–Trinajstić information content (AvgIpc) is 2.46. The van der Waals surface area contributed by atoms with E-state index in [0.717, 1.165) is 38.5 Å². The Hall–Kier alpha value is -0.510. The van der Waals surface area contributed by atoms with Crippen molar-refractivity contribution in [3.8, 4) is 0 Å². The summed E-state index contributed by atoms with van der Waals surface area (Å²) in [5.74, 6) is 1.13. The van der Waals surface area contributed by atoms with Crippen LogP contribution in [0.15, 0.2) is 29.2 Å². The highest BCUT2D eigenvalue weighted by Gasteiger charge is 2.12. The van der Waals surface area contributed by atoms with E-state index in [9.17, 15) is 0 Å². The van der Waals surface area contributed by atoms with Gasteiger partial charge in [0.05, 0.1) is 0 Å². The van der Waals surface area contributed by atoms with Gasteiger partial charge in [-0.05, 0) is 36.2 Å². The fourth-order valence-corrected chi connectivity index (χ4v) is 3.00. The predicted molar refractivity (Wildman–Crippen MR) is 96.5 cm³/mol. The van der Waals surface area contributed by atoms with Crippen molar-refractivity contribution in [2.45, 2.75) is 44.9 Å². The van der Waals surface area contributed by atoms with E-state index < -0.39 is 0 Å². The van der Waals surface area contributed by atoms with Crippen LogP contribution in [0.1, 0.15) is 40.2 Å². The molecular formula is C18H32N2S. The lowest BCUT2D eigenvalue weighted by molar-refractivity contribution is 0.303. The minimum absolute atomic E-state index is 0.245. The Labute approximate surface area is 135 Å². The molecule has 0 amide bonds. The van der Waals surface area contributed by atoms with Crippen LogP contribution < -0.4 is 5.32 Å². The molecule has 0 heterocycles. The monoisotopic (exact) mass is 308 g/mol. The first-order valence-electron chi connectivity index (χ1n) is 8.13. The fraction of sp³-hybridized carbons (Fsp3) is 0.667. The first kappa shape index (κ1) is 18.5. The second-order valence-corrected chi connectivity index (χ2v) is 7.57. The number of thioether (sulfide) groups is 1. The molecule has 1 aromatic rings. The lowest BCUT2D eigenvalue weighted by Gasteiger charge is -2.19.